The molecule has 88 valence electrons. The molecule has 1 aliphatic rings. The largest absolute Gasteiger partial charge is 0.445 e. The number of Topliss-reactive ketones (excluding diaryl/α,β-unsaturated/α-hetero) is 2. The summed E-state index contributed by atoms with van der Waals surface area (Å²) in [6.07, 6.45) is -1.29. The number of benzene rings is 1. The summed E-state index contributed by atoms with van der Waals surface area (Å²) in [6, 6.07) is 6.49. The third kappa shape index (κ3) is 1.86. The first kappa shape index (κ1) is 11.5. The second-order valence-electron chi connectivity index (χ2n) is 4.25. The smallest absolute Gasteiger partial charge is 0.309 e. The van der Waals surface area contributed by atoms with E-state index in [0.29, 0.717) is 11.1 Å². The van der Waals surface area contributed by atoms with Gasteiger partial charge in [0.05, 0.1) is 5.92 Å². The fourth-order valence-corrected chi connectivity index (χ4v) is 1.67. The van der Waals surface area contributed by atoms with E-state index in [1.807, 2.05) is 0 Å². The lowest BCUT2D eigenvalue weighted by atomic mass is 10.1. The van der Waals surface area contributed by atoms with Crippen LogP contribution >= 0.6 is 0 Å². The third-order valence-corrected chi connectivity index (χ3v) is 2.64. The Bertz CT molecular complexity index is 467. The van der Waals surface area contributed by atoms with Crippen LogP contribution in [0.2, 0.25) is 0 Å². The molecule has 0 radical (unpaired) electrons. The van der Waals surface area contributed by atoms with Crippen molar-refractivity contribution in [3.63, 3.8) is 0 Å². The molecule has 1 aliphatic carbocycles. The number of ketones is 2. The van der Waals surface area contributed by atoms with E-state index >= 15 is 0 Å². The highest BCUT2D eigenvalue weighted by Crippen LogP contribution is 2.24. The maximum Gasteiger partial charge on any atom is 0.309 e. The molecule has 0 bridgehead atoms. The van der Waals surface area contributed by atoms with Crippen LogP contribution < -0.4 is 0 Å². The summed E-state index contributed by atoms with van der Waals surface area (Å²) in [7, 11) is 0. The van der Waals surface area contributed by atoms with Crippen molar-refractivity contribution in [3.8, 4) is 0 Å². The fraction of sp³-hybridized carbons (Fsp3) is 0.308. The van der Waals surface area contributed by atoms with E-state index in [0.717, 1.165) is 0 Å². The zero-order valence-electron chi connectivity index (χ0n) is 9.60. The average Bonchev–Trinajstić information content (AvgIpc) is 2.55. The minimum Gasteiger partial charge on any atom is -0.445 e. The predicted octanol–water partition coefficient (Wildman–Crippen LogP) is 1.63. The molecule has 0 saturated heterocycles. The Morgan fingerprint density at radius 2 is 1.59 bits per heavy atom. The van der Waals surface area contributed by atoms with Crippen molar-refractivity contribution in [2.24, 2.45) is 5.92 Å². The van der Waals surface area contributed by atoms with Crippen molar-refractivity contribution < 1.29 is 19.1 Å². The normalized spacial score (nSPS) is 15.2. The maximum absolute atomic E-state index is 11.9. The Kier molecular flexibility index (Phi) is 2.79. The predicted molar refractivity (Wildman–Crippen MR) is 59.8 cm³/mol. The van der Waals surface area contributed by atoms with E-state index < -0.39 is 23.6 Å². The van der Waals surface area contributed by atoms with Crippen LogP contribution in [-0.2, 0) is 9.53 Å². The van der Waals surface area contributed by atoms with Crippen molar-refractivity contribution in [2.45, 2.75) is 20.0 Å². The molecule has 0 unspecified atom stereocenters. The zero-order valence-corrected chi connectivity index (χ0v) is 9.60. The quantitative estimate of drug-likeness (QED) is 0.574. The minimum atomic E-state index is -1.29. The molecular weight excluding hydrogens is 220 g/mol. The van der Waals surface area contributed by atoms with E-state index in [-0.39, 0.29) is 5.92 Å². The maximum atomic E-state index is 11.9. The Hall–Kier alpha value is -1.97. The van der Waals surface area contributed by atoms with Gasteiger partial charge in [-0.15, -0.1) is 0 Å². The Morgan fingerprint density at radius 3 is 2.00 bits per heavy atom. The van der Waals surface area contributed by atoms with E-state index in [9.17, 15) is 14.4 Å². The summed E-state index contributed by atoms with van der Waals surface area (Å²) in [5.74, 6) is -1.76. The summed E-state index contributed by atoms with van der Waals surface area (Å²) in [4.78, 5) is 35.1. The molecule has 0 heterocycles. The molecule has 0 fully saturated rings. The van der Waals surface area contributed by atoms with Crippen molar-refractivity contribution in [2.75, 3.05) is 0 Å². The van der Waals surface area contributed by atoms with E-state index in [2.05, 4.69) is 0 Å². The van der Waals surface area contributed by atoms with Crippen molar-refractivity contribution in [3.05, 3.63) is 35.4 Å². The number of rotatable bonds is 2. The van der Waals surface area contributed by atoms with Gasteiger partial charge in [0.25, 0.3) is 0 Å². The number of esters is 1. The first-order valence-electron chi connectivity index (χ1n) is 5.40. The molecule has 0 amide bonds. The van der Waals surface area contributed by atoms with Gasteiger partial charge < -0.3 is 4.74 Å². The fourth-order valence-electron chi connectivity index (χ4n) is 1.67. The lowest BCUT2D eigenvalue weighted by Crippen LogP contribution is -2.30. The monoisotopic (exact) mass is 232 g/mol. The lowest BCUT2D eigenvalue weighted by molar-refractivity contribution is -0.148. The highest BCUT2D eigenvalue weighted by Gasteiger charge is 2.41. The van der Waals surface area contributed by atoms with Gasteiger partial charge in [-0.05, 0) is 0 Å². The van der Waals surface area contributed by atoms with Gasteiger partial charge in [-0.1, -0.05) is 38.1 Å². The summed E-state index contributed by atoms with van der Waals surface area (Å²) in [5.41, 5.74) is 0.665. The van der Waals surface area contributed by atoms with Crippen LogP contribution in [0.3, 0.4) is 0 Å². The molecule has 0 N–H and O–H groups in total. The molecule has 0 aliphatic heterocycles. The topological polar surface area (TPSA) is 60.4 Å². The Labute approximate surface area is 98.6 Å². The SMILES string of the molecule is CC(C)C(=O)OC1C(=O)c2ccccc2C1=O. The van der Waals surface area contributed by atoms with Crippen LogP contribution in [0.15, 0.2) is 24.3 Å². The molecule has 1 aromatic rings. The van der Waals surface area contributed by atoms with E-state index in [1.54, 1.807) is 38.1 Å². The van der Waals surface area contributed by atoms with Crippen LogP contribution in [0.5, 0.6) is 0 Å². The van der Waals surface area contributed by atoms with Crippen LogP contribution in [0.1, 0.15) is 34.6 Å². The van der Waals surface area contributed by atoms with Gasteiger partial charge in [-0.3, -0.25) is 14.4 Å². The molecule has 0 spiro atoms. The first-order valence-corrected chi connectivity index (χ1v) is 5.40. The number of fused-ring (bicyclic) bond motifs is 1. The number of hydrogen-bond donors (Lipinski definition) is 0. The van der Waals surface area contributed by atoms with E-state index in [4.69, 9.17) is 4.74 Å². The second-order valence-corrected chi connectivity index (χ2v) is 4.25. The van der Waals surface area contributed by atoms with Crippen molar-refractivity contribution in [1.82, 2.24) is 0 Å². The van der Waals surface area contributed by atoms with Crippen LogP contribution in [0.25, 0.3) is 0 Å². The number of carbonyl (C=O) groups excluding carboxylic acids is 3. The number of ether oxygens (including phenoxy) is 1. The molecule has 0 atom stereocenters. The Balaban J connectivity index is 2.28. The molecule has 0 saturated carbocycles. The van der Waals surface area contributed by atoms with Crippen molar-refractivity contribution >= 4 is 17.5 Å². The van der Waals surface area contributed by atoms with Gasteiger partial charge in [0.15, 0.2) is 0 Å². The van der Waals surface area contributed by atoms with E-state index in [1.165, 1.54) is 0 Å². The summed E-state index contributed by atoms with van der Waals surface area (Å²) < 4.78 is 4.94. The highest BCUT2D eigenvalue weighted by atomic mass is 16.6. The summed E-state index contributed by atoms with van der Waals surface area (Å²) >= 11 is 0. The first-order chi connectivity index (χ1) is 8.02. The van der Waals surface area contributed by atoms with Gasteiger partial charge in [0, 0.05) is 11.1 Å². The zero-order chi connectivity index (χ0) is 12.6. The average molecular weight is 232 g/mol. The molecule has 17 heavy (non-hydrogen) atoms. The number of carbonyl (C=O) groups is 3. The number of hydrogen-bond acceptors (Lipinski definition) is 4. The van der Waals surface area contributed by atoms with Gasteiger partial charge in [0.1, 0.15) is 0 Å². The molecule has 0 aromatic heterocycles. The molecule has 2 rings (SSSR count). The summed E-state index contributed by atoms with van der Waals surface area (Å²) in [5, 5.41) is 0. The van der Waals surface area contributed by atoms with Crippen LogP contribution in [-0.4, -0.2) is 23.6 Å². The lowest BCUT2D eigenvalue weighted by Gasteiger charge is -2.10. The minimum absolute atomic E-state index is 0.332. The molecule has 4 heteroatoms. The molecule has 1 aromatic carbocycles. The Morgan fingerprint density at radius 1 is 1.12 bits per heavy atom. The molecule has 4 nitrogen and oxygen atoms in total. The van der Waals surface area contributed by atoms with Gasteiger partial charge in [0.2, 0.25) is 17.7 Å². The van der Waals surface area contributed by atoms with Crippen molar-refractivity contribution in [1.29, 1.82) is 0 Å². The summed E-state index contributed by atoms with van der Waals surface area (Å²) in [6.45, 7) is 3.30. The van der Waals surface area contributed by atoms with Gasteiger partial charge >= 0.3 is 5.97 Å². The van der Waals surface area contributed by atoms with Crippen LogP contribution in [0, 0.1) is 5.92 Å². The highest BCUT2D eigenvalue weighted by molar-refractivity contribution is 6.29. The van der Waals surface area contributed by atoms with Crippen LogP contribution in [0.4, 0.5) is 0 Å². The standard InChI is InChI=1S/C13H12O4/c1-7(2)13(16)17-12-10(14)8-5-3-4-6-9(8)11(12)15/h3-7,12H,1-2H3. The van der Waals surface area contributed by atoms with Gasteiger partial charge in [-0.25, -0.2) is 0 Å². The molecular formula is C13H12O4. The second kappa shape index (κ2) is 4.13. The third-order valence-electron chi connectivity index (χ3n) is 2.64. The van der Waals surface area contributed by atoms with Gasteiger partial charge in [-0.2, -0.15) is 0 Å².